The summed E-state index contributed by atoms with van der Waals surface area (Å²) in [5, 5.41) is 3.80. The van der Waals surface area contributed by atoms with Crippen molar-refractivity contribution in [3.8, 4) is 0 Å². The highest BCUT2D eigenvalue weighted by Crippen LogP contribution is 2.29. The number of nitrogens with one attached hydrogen (secondary N) is 1. The minimum absolute atomic E-state index is 0.0836. The largest absolute Gasteiger partial charge is 0.354 e. The number of carbonyl (C=O) groups excluding carboxylic acids is 2. The second-order valence-corrected chi connectivity index (χ2v) is 11.9. The van der Waals surface area contributed by atoms with Crippen LogP contribution in [0.5, 0.6) is 0 Å². The smallest absolute Gasteiger partial charge is 0.244 e. The molecule has 0 unspecified atom stereocenters. The summed E-state index contributed by atoms with van der Waals surface area (Å²) in [6.07, 6.45) is 1.01. The quantitative estimate of drug-likeness (QED) is 0.446. The zero-order valence-corrected chi connectivity index (χ0v) is 23.4. The first-order chi connectivity index (χ1) is 16.2. The van der Waals surface area contributed by atoms with E-state index in [2.05, 4.69) is 5.32 Å². The molecule has 2 rings (SSSR count). The Kier molecular flexibility index (Phi) is 10.3. The zero-order chi connectivity index (χ0) is 26.5. The molecule has 0 spiro atoms. The number of carbonyl (C=O) groups is 2. The first-order valence-electron chi connectivity index (χ1n) is 11.0. The maximum Gasteiger partial charge on any atom is 0.244 e. The van der Waals surface area contributed by atoms with Crippen molar-refractivity contribution in [2.45, 2.75) is 40.3 Å². The molecule has 0 aliphatic carbocycles. The fourth-order valence-corrected chi connectivity index (χ4v) is 4.92. The van der Waals surface area contributed by atoms with Crippen LogP contribution in [0.15, 0.2) is 36.4 Å². The van der Waals surface area contributed by atoms with E-state index < -0.39 is 28.5 Å². The molecule has 0 radical (unpaired) electrons. The van der Waals surface area contributed by atoms with E-state index in [-0.39, 0.29) is 24.1 Å². The van der Waals surface area contributed by atoms with Gasteiger partial charge in [0.25, 0.3) is 0 Å². The fourth-order valence-electron chi connectivity index (χ4n) is 3.33. The van der Waals surface area contributed by atoms with Crippen LogP contribution in [0.1, 0.15) is 31.9 Å². The van der Waals surface area contributed by atoms with E-state index in [4.69, 9.17) is 34.8 Å². The van der Waals surface area contributed by atoms with Crippen LogP contribution in [-0.4, -0.2) is 50.5 Å². The Hall–Kier alpha value is -2.00. The zero-order valence-electron chi connectivity index (χ0n) is 20.3. The maximum absolute atomic E-state index is 13.6. The molecule has 2 amide bonds. The number of anilines is 1. The molecule has 0 fully saturated rings. The summed E-state index contributed by atoms with van der Waals surface area (Å²) in [5.74, 6) is -0.766. The van der Waals surface area contributed by atoms with Crippen molar-refractivity contribution >= 4 is 62.3 Å². The Bertz CT molecular complexity index is 1170. The Morgan fingerprint density at radius 3 is 2.17 bits per heavy atom. The van der Waals surface area contributed by atoms with Gasteiger partial charge in [0.05, 0.1) is 11.9 Å². The van der Waals surface area contributed by atoms with Crippen LogP contribution in [0.25, 0.3) is 0 Å². The summed E-state index contributed by atoms with van der Waals surface area (Å²) < 4.78 is 26.4. The molecule has 192 valence electrons. The van der Waals surface area contributed by atoms with Gasteiger partial charge < -0.3 is 10.2 Å². The van der Waals surface area contributed by atoms with Crippen LogP contribution < -0.4 is 9.62 Å². The summed E-state index contributed by atoms with van der Waals surface area (Å²) in [4.78, 5) is 27.8. The van der Waals surface area contributed by atoms with Crippen LogP contribution >= 0.6 is 34.8 Å². The monoisotopic (exact) mass is 561 g/mol. The molecule has 0 saturated heterocycles. The summed E-state index contributed by atoms with van der Waals surface area (Å²) >= 11 is 18.8. The van der Waals surface area contributed by atoms with Gasteiger partial charge in [-0.15, -0.1) is 0 Å². The lowest BCUT2D eigenvalue weighted by molar-refractivity contribution is -0.139. The first-order valence-corrected chi connectivity index (χ1v) is 13.9. The van der Waals surface area contributed by atoms with Gasteiger partial charge >= 0.3 is 0 Å². The molecular formula is C24H30Cl3N3O4S. The van der Waals surface area contributed by atoms with E-state index in [0.29, 0.717) is 32.7 Å². The molecule has 0 aromatic heterocycles. The summed E-state index contributed by atoms with van der Waals surface area (Å²) in [7, 11) is -3.87. The van der Waals surface area contributed by atoms with Crippen molar-refractivity contribution in [3.05, 3.63) is 62.6 Å². The molecule has 1 N–H and O–H groups in total. The number of benzene rings is 2. The number of sulfonamides is 1. The van der Waals surface area contributed by atoms with Crippen molar-refractivity contribution in [1.29, 1.82) is 0 Å². The first kappa shape index (κ1) is 29.2. The highest BCUT2D eigenvalue weighted by molar-refractivity contribution is 7.92. The Morgan fingerprint density at radius 2 is 1.63 bits per heavy atom. The predicted molar refractivity (Wildman–Crippen MR) is 143 cm³/mol. The number of hydrogen-bond acceptors (Lipinski definition) is 4. The summed E-state index contributed by atoms with van der Waals surface area (Å²) in [6, 6.07) is 8.81. The van der Waals surface area contributed by atoms with Crippen LogP contribution in [0.2, 0.25) is 15.1 Å². The number of hydrogen-bond donors (Lipinski definition) is 1. The molecule has 0 saturated carbocycles. The van der Waals surface area contributed by atoms with Crippen LogP contribution in [0, 0.1) is 12.8 Å². The van der Waals surface area contributed by atoms with Gasteiger partial charge in [0.1, 0.15) is 12.6 Å². The third kappa shape index (κ3) is 8.00. The second-order valence-electron chi connectivity index (χ2n) is 8.74. The van der Waals surface area contributed by atoms with Gasteiger partial charge in [0, 0.05) is 33.7 Å². The molecule has 1 atom stereocenters. The van der Waals surface area contributed by atoms with Crippen molar-refractivity contribution in [3.63, 3.8) is 0 Å². The molecule has 2 aromatic carbocycles. The molecule has 35 heavy (non-hydrogen) atoms. The van der Waals surface area contributed by atoms with E-state index in [1.807, 2.05) is 13.8 Å². The van der Waals surface area contributed by atoms with Crippen LogP contribution in [0.3, 0.4) is 0 Å². The molecule has 7 nitrogen and oxygen atoms in total. The third-order valence-electron chi connectivity index (χ3n) is 5.36. The van der Waals surface area contributed by atoms with E-state index >= 15 is 0 Å². The van der Waals surface area contributed by atoms with Gasteiger partial charge in [-0.25, -0.2) is 8.42 Å². The van der Waals surface area contributed by atoms with Crippen LogP contribution in [0.4, 0.5) is 5.69 Å². The number of nitrogens with zero attached hydrogens (tertiary/aromatic N) is 2. The molecule has 0 aliphatic rings. The number of amides is 2. The second kappa shape index (κ2) is 12.3. The minimum atomic E-state index is -3.87. The van der Waals surface area contributed by atoms with Crippen molar-refractivity contribution < 1.29 is 18.0 Å². The van der Waals surface area contributed by atoms with Gasteiger partial charge in [-0.2, -0.15) is 0 Å². The third-order valence-corrected chi connectivity index (χ3v) is 7.43. The van der Waals surface area contributed by atoms with Gasteiger partial charge in [-0.05, 0) is 49.6 Å². The highest BCUT2D eigenvalue weighted by atomic mass is 35.5. The lowest BCUT2D eigenvalue weighted by Gasteiger charge is -2.32. The molecule has 0 aliphatic heterocycles. The average Bonchev–Trinajstić information content (AvgIpc) is 2.76. The average molecular weight is 563 g/mol. The lowest BCUT2D eigenvalue weighted by atomic mass is 10.1. The Balaban J connectivity index is 2.47. The minimum Gasteiger partial charge on any atom is -0.354 e. The Morgan fingerprint density at radius 1 is 1.03 bits per heavy atom. The van der Waals surface area contributed by atoms with E-state index in [9.17, 15) is 18.0 Å². The molecule has 2 aromatic rings. The summed E-state index contributed by atoms with van der Waals surface area (Å²) in [6.45, 7) is 7.01. The Labute approximate surface area is 222 Å². The normalized spacial score (nSPS) is 12.4. The summed E-state index contributed by atoms with van der Waals surface area (Å²) in [5.41, 5.74) is 1.36. The number of aryl methyl sites for hydroxylation is 1. The predicted octanol–water partition coefficient (Wildman–Crippen LogP) is 4.91. The van der Waals surface area contributed by atoms with Gasteiger partial charge in [0.15, 0.2) is 0 Å². The standard InChI is InChI=1S/C24H30Cl3N3O4S/c1-15(2)12-28-24(32)17(4)29(13-19-20(26)7-6-8-21(19)27)23(31)14-30(35(5,33)34)22-11-18(25)10-9-16(22)3/h6-11,15,17H,12-14H2,1-5H3,(H,28,32)/t17-/m1/s1. The van der Waals surface area contributed by atoms with Crippen molar-refractivity contribution in [2.24, 2.45) is 5.92 Å². The SMILES string of the molecule is Cc1ccc(Cl)cc1N(CC(=O)N(Cc1c(Cl)cccc1Cl)[C@H](C)C(=O)NCC(C)C)S(C)(=O)=O. The van der Waals surface area contributed by atoms with Gasteiger partial charge in [-0.3, -0.25) is 13.9 Å². The lowest BCUT2D eigenvalue weighted by Crippen LogP contribution is -2.51. The molecule has 0 heterocycles. The van der Waals surface area contributed by atoms with E-state index in [1.54, 1.807) is 44.2 Å². The van der Waals surface area contributed by atoms with Crippen LogP contribution in [-0.2, 0) is 26.2 Å². The number of halogens is 3. The molecular weight excluding hydrogens is 533 g/mol. The van der Waals surface area contributed by atoms with Crippen molar-refractivity contribution in [1.82, 2.24) is 10.2 Å². The van der Waals surface area contributed by atoms with Crippen molar-refractivity contribution in [2.75, 3.05) is 23.7 Å². The number of rotatable bonds is 10. The van der Waals surface area contributed by atoms with Gasteiger partial charge in [0.2, 0.25) is 21.8 Å². The molecule has 0 bridgehead atoms. The molecule has 11 heteroatoms. The fraction of sp³-hybridized carbons (Fsp3) is 0.417. The maximum atomic E-state index is 13.6. The van der Waals surface area contributed by atoms with E-state index in [0.717, 1.165) is 10.6 Å². The topological polar surface area (TPSA) is 86.8 Å². The van der Waals surface area contributed by atoms with Gasteiger partial charge in [-0.1, -0.05) is 60.8 Å². The highest BCUT2D eigenvalue weighted by Gasteiger charge is 2.31. The van der Waals surface area contributed by atoms with E-state index in [1.165, 1.54) is 11.0 Å².